The predicted octanol–water partition coefficient (Wildman–Crippen LogP) is 1.28. The van der Waals surface area contributed by atoms with Gasteiger partial charge in [-0.3, -0.25) is 0 Å². The number of benzene rings is 1. The van der Waals surface area contributed by atoms with Crippen molar-refractivity contribution < 1.29 is 0 Å². The minimum atomic E-state index is 0.609. The van der Waals surface area contributed by atoms with Crippen molar-refractivity contribution >= 4 is 16.3 Å². The molecule has 0 aliphatic carbocycles. The van der Waals surface area contributed by atoms with E-state index in [1.807, 2.05) is 22.7 Å². The van der Waals surface area contributed by atoms with E-state index in [4.69, 9.17) is 5.73 Å². The minimum absolute atomic E-state index is 0.609. The molecule has 92 valence electrons. The third kappa shape index (κ3) is 2.12. The molecule has 1 aromatic carbocycles. The zero-order valence-corrected chi connectivity index (χ0v) is 10.6. The second-order valence-electron chi connectivity index (χ2n) is 4.01. The van der Waals surface area contributed by atoms with Crippen LogP contribution in [-0.2, 0) is 12.8 Å². The van der Waals surface area contributed by atoms with E-state index in [-0.39, 0.29) is 0 Å². The summed E-state index contributed by atoms with van der Waals surface area (Å²) in [7, 11) is 0. The molecule has 2 heterocycles. The van der Waals surface area contributed by atoms with E-state index in [0.717, 1.165) is 28.6 Å². The van der Waals surface area contributed by atoms with Crippen LogP contribution in [0.4, 0.5) is 0 Å². The lowest BCUT2D eigenvalue weighted by atomic mass is 10.1. The lowest BCUT2D eigenvalue weighted by Crippen LogP contribution is -2.04. The van der Waals surface area contributed by atoms with E-state index in [2.05, 4.69) is 27.4 Å². The summed E-state index contributed by atoms with van der Waals surface area (Å²) >= 11 is 1.55. The molecule has 0 aliphatic rings. The van der Waals surface area contributed by atoms with Gasteiger partial charge in [-0.25, -0.2) is 0 Å². The fourth-order valence-corrected chi connectivity index (χ4v) is 2.68. The lowest BCUT2D eigenvalue weighted by Gasteiger charge is -1.97. The highest BCUT2D eigenvalue weighted by atomic mass is 32.1. The van der Waals surface area contributed by atoms with Crippen LogP contribution in [0.5, 0.6) is 0 Å². The van der Waals surface area contributed by atoms with E-state index in [1.54, 1.807) is 11.3 Å². The first kappa shape index (κ1) is 11.3. The highest BCUT2D eigenvalue weighted by Gasteiger charge is 2.11. The Balaban J connectivity index is 1.92. The molecule has 0 saturated carbocycles. The van der Waals surface area contributed by atoms with Gasteiger partial charge in [0.05, 0.1) is 0 Å². The number of hydrogen-bond donors (Lipinski definition) is 1. The molecule has 18 heavy (non-hydrogen) atoms. The van der Waals surface area contributed by atoms with Gasteiger partial charge in [0, 0.05) is 12.8 Å². The topological polar surface area (TPSA) is 69.1 Å². The lowest BCUT2D eigenvalue weighted by molar-refractivity contribution is 0.813. The van der Waals surface area contributed by atoms with E-state index >= 15 is 0 Å². The Morgan fingerprint density at radius 1 is 1.17 bits per heavy atom. The van der Waals surface area contributed by atoms with Crippen LogP contribution in [0.3, 0.4) is 0 Å². The Bertz CT molecular complexity index is 643. The Labute approximate surface area is 108 Å². The SMILES string of the molecule is NCCc1nn2c(Cc3ccccc3)nnc2s1. The molecule has 3 aromatic rings. The number of nitrogens with zero attached hydrogens (tertiary/aromatic N) is 4. The van der Waals surface area contributed by atoms with Gasteiger partial charge in [-0.2, -0.15) is 9.61 Å². The number of hydrogen-bond acceptors (Lipinski definition) is 5. The zero-order valence-electron chi connectivity index (χ0n) is 9.78. The van der Waals surface area contributed by atoms with Crippen LogP contribution >= 0.6 is 11.3 Å². The summed E-state index contributed by atoms with van der Waals surface area (Å²) < 4.78 is 1.82. The summed E-state index contributed by atoms with van der Waals surface area (Å²) in [4.78, 5) is 0.837. The molecule has 2 aromatic heterocycles. The second kappa shape index (κ2) is 4.83. The standard InChI is InChI=1S/C12H13N5S/c13-7-6-11-16-17-10(14-15-12(17)18-11)8-9-4-2-1-3-5-9/h1-5H,6-8,13H2. The highest BCUT2D eigenvalue weighted by molar-refractivity contribution is 7.16. The molecule has 0 spiro atoms. The molecular formula is C12H13N5S. The van der Waals surface area contributed by atoms with Crippen LogP contribution in [0.15, 0.2) is 30.3 Å². The summed E-state index contributed by atoms with van der Waals surface area (Å²) in [6.45, 7) is 0.609. The Hall–Kier alpha value is -1.79. The second-order valence-corrected chi connectivity index (χ2v) is 5.05. The summed E-state index contributed by atoms with van der Waals surface area (Å²) in [6, 6.07) is 10.2. The van der Waals surface area contributed by atoms with Gasteiger partial charge >= 0.3 is 0 Å². The molecule has 5 nitrogen and oxygen atoms in total. The van der Waals surface area contributed by atoms with Gasteiger partial charge in [0.1, 0.15) is 5.01 Å². The maximum atomic E-state index is 5.53. The average molecular weight is 259 g/mol. The van der Waals surface area contributed by atoms with Crippen molar-refractivity contribution in [3.05, 3.63) is 46.7 Å². The van der Waals surface area contributed by atoms with Gasteiger partial charge in [0.25, 0.3) is 0 Å². The molecule has 6 heteroatoms. The normalized spacial score (nSPS) is 11.2. The smallest absolute Gasteiger partial charge is 0.234 e. The fraction of sp³-hybridized carbons (Fsp3) is 0.250. The molecule has 0 saturated heterocycles. The van der Waals surface area contributed by atoms with Gasteiger partial charge < -0.3 is 5.73 Å². The highest BCUT2D eigenvalue weighted by Crippen LogP contribution is 2.16. The van der Waals surface area contributed by atoms with Gasteiger partial charge in [-0.15, -0.1) is 10.2 Å². The summed E-state index contributed by atoms with van der Waals surface area (Å²) in [5.41, 5.74) is 6.74. The molecule has 3 rings (SSSR count). The van der Waals surface area contributed by atoms with Gasteiger partial charge in [-0.05, 0) is 12.1 Å². The van der Waals surface area contributed by atoms with Gasteiger partial charge in [0.15, 0.2) is 5.82 Å². The van der Waals surface area contributed by atoms with Crippen LogP contribution in [-0.4, -0.2) is 26.4 Å². The first-order valence-electron chi connectivity index (χ1n) is 5.81. The van der Waals surface area contributed by atoms with Crippen LogP contribution in [0.25, 0.3) is 4.96 Å². The Morgan fingerprint density at radius 2 is 2.00 bits per heavy atom. The van der Waals surface area contributed by atoms with E-state index in [1.165, 1.54) is 5.56 Å². The number of aromatic nitrogens is 4. The molecule has 0 amide bonds. The molecule has 0 aliphatic heterocycles. The van der Waals surface area contributed by atoms with Crippen LogP contribution in [0.1, 0.15) is 16.4 Å². The van der Waals surface area contributed by atoms with E-state index < -0.39 is 0 Å². The average Bonchev–Trinajstić information content (AvgIpc) is 2.93. The number of nitrogens with two attached hydrogens (primary N) is 1. The van der Waals surface area contributed by atoms with Crippen molar-refractivity contribution in [1.82, 2.24) is 19.8 Å². The monoisotopic (exact) mass is 259 g/mol. The first-order chi connectivity index (χ1) is 8.86. The Kier molecular flexibility index (Phi) is 3.04. The van der Waals surface area contributed by atoms with Crippen molar-refractivity contribution in [2.75, 3.05) is 6.54 Å². The summed E-state index contributed by atoms with van der Waals surface area (Å²) in [6.07, 6.45) is 1.53. The molecule has 0 radical (unpaired) electrons. The van der Waals surface area contributed by atoms with Crippen LogP contribution in [0, 0.1) is 0 Å². The van der Waals surface area contributed by atoms with Crippen molar-refractivity contribution in [1.29, 1.82) is 0 Å². The van der Waals surface area contributed by atoms with Crippen LogP contribution in [0.2, 0.25) is 0 Å². The summed E-state index contributed by atoms with van der Waals surface area (Å²) in [5.74, 6) is 0.871. The molecule has 0 atom stereocenters. The fourth-order valence-electron chi connectivity index (χ4n) is 1.81. The third-order valence-corrected chi connectivity index (χ3v) is 3.62. The molecule has 2 N–H and O–H groups in total. The molecule has 0 bridgehead atoms. The molecular weight excluding hydrogens is 246 g/mol. The number of rotatable bonds is 4. The number of fused-ring (bicyclic) bond motifs is 1. The van der Waals surface area contributed by atoms with Crippen molar-refractivity contribution in [3.8, 4) is 0 Å². The quantitative estimate of drug-likeness (QED) is 0.766. The van der Waals surface area contributed by atoms with E-state index in [9.17, 15) is 0 Å². The third-order valence-electron chi connectivity index (χ3n) is 2.66. The maximum Gasteiger partial charge on any atom is 0.234 e. The zero-order chi connectivity index (χ0) is 12.4. The van der Waals surface area contributed by atoms with Crippen molar-refractivity contribution in [2.24, 2.45) is 5.73 Å². The Morgan fingerprint density at radius 3 is 2.78 bits per heavy atom. The molecule has 0 fully saturated rings. The maximum absolute atomic E-state index is 5.53. The van der Waals surface area contributed by atoms with Crippen molar-refractivity contribution in [2.45, 2.75) is 12.8 Å². The van der Waals surface area contributed by atoms with Crippen molar-refractivity contribution in [3.63, 3.8) is 0 Å². The van der Waals surface area contributed by atoms with E-state index in [0.29, 0.717) is 6.54 Å². The summed E-state index contributed by atoms with van der Waals surface area (Å²) in [5, 5.41) is 13.8. The predicted molar refractivity (Wildman–Crippen MR) is 70.7 cm³/mol. The van der Waals surface area contributed by atoms with Crippen LogP contribution < -0.4 is 5.73 Å². The molecule has 0 unspecified atom stereocenters. The largest absolute Gasteiger partial charge is 0.330 e. The minimum Gasteiger partial charge on any atom is -0.330 e. The van der Waals surface area contributed by atoms with Gasteiger partial charge in [0.2, 0.25) is 4.96 Å². The van der Waals surface area contributed by atoms with Gasteiger partial charge in [-0.1, -0.05) is 41.7 Å². The first-order valence-corrected chi connectivity index (χ1v) is 6.62.